The van der Waals surface area contributed by atoms with Crippen LogP contribution in [0.25, 0.3) is 11.3 Å². The van der Waals surface area contributed by atoms with Gasteiger partial charge in [0.1, 0.15) is 0 Å². The van der Waals surface area contributed by atoms with Gasteiger partial charge in [0, 0.05) is 81.0 Å². The molecule has 0 aliphatic carbocycles. The van der Waals surface area contributed by atoms with E-state index in [1.807, 2.05) is 18.2 Å². The topological polar surface area (TPSA) is 215 Å². The maximum Gasteiger partial charge on any atom is 0.255 e. The predicted octanol–water partition coefficient (Wildman–Crippen LogP) is 3.36. The first-order valence-electron chi connectivity index (χ1n) is 23.5. The Bertz CT molecular complexity index is 1960. The molecule has 1 fully saturated rings. The minimum absolute atomic E-state index is 0.0629. The molecule has 4 rings (SSSR count). The lowest BCUT2D eigenvalue weighted by atomic mass is 10.0. The number of anilines is 2. The van der Waals surface area contributed by atoms with Gasteiger partial charge in [0.2, 0.25) is 11.8 Å². The number of likely N-dealkylation sites (N-methyl/N-ethyl adjacent to an activating group) is 1. The van der Waals surface area contributed by atoms with E-state index in [0.717, 1.165) is 38.2 Å². The molecule has 2 heterocycles. The zero-order chi connectivity index (χ0) is 48.8. The van der Waals surface area contributed by atoms with Crippen LogP contribution in [0.4, 0.5) is 11.4 Å². The standard InChI is InChI=1S/C49H73N7O12/c1-5-55(6-2)41-12-13-43(42(37-41)44-36-38(46(50)57)14-15-51-44)53-47(58)39-9-7-10-40(35-39)49(60)54(3)18-19-56-17-8-11-45(56)48(59)52-16-20-62-23-24-64-27-28-66-31-32-68-34-33-67-30-29-65-26-25-63-22-21-61-4/h7,9-10,12-15,35-37,45H,5-6,8,11,16-34H2,1-4H3,(H2,50,57)(H,52,59)(H,53,58)/t45-/m0/s1. The molecule has 0 saturated carbocycles. The molecule has 1 aliphatic rings. The van der Waals surface area contributed by atoms with Gasteiger partial charge in [0.25, 0.3) is 11.8 Å². The van der Waals surface area contributed by atoms with Crippen molar-refractivity contribution in [3.05, 3.63) is 77.5 Å². The van der Waals surface area contributed by atoms with Gasteiger partial charge in [-0.05, 0) is 81.8 Å². The van der Waals surface area contributed by atoms with Crippen molar-refractivity contribution >= 4 is 35.0 Å². The van der Waals surface area contributed by atoms with E-state index >= 15 is 0 Å². The van der Waals surface area contributed by atoms with E-state index in [-0.39, 0.29) is 17.9 Å². The van der Waals surface area contributed by atoms with Gasteiger partial charge in [0.05, 0.1) is 117 Å². The number of nitrogens with two attached hydrogens (primary N) is 1. The summed E-state index contributed by atoms with van der Waals surface area (Å²) in [5.74, 6) is -1.31. The third-order valence-corrected chi connectivity index (χ3v) is 11.0. The highest BCUT2D eigenvalue weighted by Gasteiger charge is 2.30. The number of rotatable bonds is 36. The van der Waals surface area contributed by atoms with Gasteiger partial charge < -0.3 is 64.1 Å². The second-order valence-corrected chi connectivity index (χ2v) is 15.7. The van der Waals surface area contributed by atoms with E-state index in [9.17, 15) is 19.2 Å². The third-order valence-electron chi connectivity index (χ3n) is 11.0. The first-order valence-corrected chi connectivity index (χ1v) is 23.5. The Kier molecular flexibility index (Phi) is 26.6. The summed E-state index contributed by atoms with van der Waals surface area (Å²) in [6, 6.07) is 15.1. The highest BCUT2D eigenvalue weighted by Crippen LogP contribution is 2.32. The molecule has 1 saturated heterocycles. The number of hydrogen-bond donors (Lipinski definition) is 3. The molecule has 4 amide bonds. The largest absolute Gasteiger partial charge is 0.382 e. The minimum Gasteiger partial charge on any atom is -0.382 e. The summed E-state index contributed by atoms with van der Waals surface area (Å²) in [7, 11) is 3.35. The van der Waals surface area contributed by atoms with E-state index < -0.39 is 11.8 Å². The fourth-order valence-corrected chi connectivity index (χ4v) is 7.28. The summed E-state index contributed by atoms with van der Waals surface area (Å²) < 4.78 is 43.3. The quantitative estimate of drug-likeness (QED) is 0.0713. The molecule has 0 spiro atoms. The van der Waals surface area contributed by atoms with E-state index in [1.165, 1.54) is 6.20 Å². The number of primary amides is 1. The van der Waals surface area contributed by atoms with E-state index in [2.05, 4.69) is 39.3 Å². The maximum atomic E-state index is 13.7. The van der Waals surface area contributed by atoms with Gasteiger partial charge in [-0.25, -0.2) is 0 Å². The number of carbonyl (C=O) groups is 4. The average Bonchev–Trinajstić information content (AvgIpc) is 3.84. The van der Waals surface area contributed by atoms with Crippen molar-refractivity contribution in [2.75, 3.05) is 163 Å². The number of amides is 4. The van der Waals surface area contributed by atoms with Gasteiger partial charge in [-0.1, -0.05) is 6.07 Å². The third kappa shape index (κ3) is 19.9. The Hall–Kier alpha value is -5.09. The number of hydrogen-bond acceptors (Lipinski definition) is 15. The van der Waals surface area contributed by atoms with Crippen LogP contribution in [0.15, 0.2) is 60.8 Å². The molecule has 0 unspecified atom stereocenters. The van der Waals surface area contributed by atoms with Gasteiger partial charge in [-0.3, -0.25) is 29.1 Å². The number of ether oxygens (including phenoxy) is 8. The molecule has 19 heteroatoms. The molecule has 1 aromatic heterocycles. The van der Waals surface area contributed by atoms with Crippen LogP contribution >= 0.6 is 0 Å². The number of nitrogens with one attached hydrogen (secondary N) is 2. The number of carbonyl (C=O) groups excluding carboxylic acids is 4. The number of pyridine rings is 1. The van der Waals surface area contributed by atoms with Crippen LogP contribution in [0.5, 0.6) is 0 Å². The molecule has 1 atom stereocenters. The second-order valence-electron chi connectivity index (χ2n) is 15.7. The molecule has 2 aromatic carbocycles. The van der Waals surface area contributed by atoms with Crippen LogP contribution in [0, 0.1) is 0 Å². The SMILES string of the molecule is CCN(CC)c1ccc(NC(=O)c2cccc(C(=O)N(C)CCN3CCC[C@H]3C(=O)NCCOCCOCCOCCOCCOCCOCCOCCOC)c2)c(-c2cc(C(N)=O)ccn2)c1. The van der Waals surface area contributed by atoms with E-state index in [0.29, 0.717) is 152 Å². The van der Waals surface area contributed by atoms with E-state index in [4.69, 9.17) is 43.6 Å². The second kappa shape index (κ2) is 32.6. The first kappa shape index (κ1) is 55.5. The Morgan fingerprint density at radius 1 is 0.721 bits per heavy atom. The van der Waals surface area contributed by atoms with Crippen molar-refractivity contribution in [2.45, 2.75) is 32.7 Å². The molecule has 1 aliphatic heterocycles. The van der Waals surface area contributed by atoms with Crippen LogP contribution < -0.4 is 21.3 Å². The van der Waals surface area contributed by atoms with Crippen LogP contribution in [0.3, 0.4) is 0 Å². The average molecular weight is 952 g/mol. The Labute approximate surface area is 401 Å². The fraction of sp³-hybridized carbons (Fsp3) is 0.571. The normalized spacial score (nSPS) is 13.7. The van der Waals surface area contributed by atoms with Gasteiger partial charge in [-0.15, -0.1) is 0 Å². The lowest BCUT2D eigenvalue weighted by Gasteiger charge is -2.26. The summed E-state index contributed by atoms with van der Waals surface area (Å²) in [6.07, 6.45) is 3.12. The van der Waals surface area contributed by atoms with Crippen LogP contribution in [-0.4, -0.2) is 197 Å². The van der Waals surface area contributed by atoms with Gasteiger partial charge in [0.15, 0.2) is 0 Å². The number of aromatic nitrogens is 1. The summed E-state index contributed by atoms with van der Waals surface area (Å²) in [5, 5.41) is 5.97. The lowest BCUT2D eigenvalue weighted by molar-refractivity contribution is -0.125. The van der Waals surface area contributed by atoms with Gasteiger partial charge >= 0.3 is 0 Å². The highest BCUT2D eigenvalue weighted by molar-refractivity contribution is 6.08. The zero-order valence-electron chi connectivity index (χ0n) is 40.4. The van der Waals surface area contributed by atoms with Crippen molar-refractivity contribution < 1.29 is 57.1 Å². The summed E-state index contributed by atoms with van der Waals surface area (Å²) >= 11 is 0. The molecular formula is C49H73N7O12. The summed E-state index contributed by atoms with van der Waals surface area (Å²) in [4.78, 5) is 62.8. The lowest BCUT2D eigenvalue weighted by Crippen LogP contribution is -2.46. The zero-order valence-corrected chi connectivity index (χ0v) is 40.4. The monoisotopic (exact) mass is 952 g/mol. The minimum atomic E-state index is -0.584. The van der Waals surface area contributed by atoms with Crippen LogP contribution in [-0.2, 0) is 42.7 Å². The first-order chi connectivity index (χ1) is 33.2. The Morgan fingerprint density at radius 3 is 1.87 bits per heavy atom. The summed E-state index contributed by atoms with van der Waals surface area (Å²) in [5.41, 5.74) is 9.03. The maximum absolute atomic E-state index is 13.7. The molecule has 3 aromatic rings. The molecular weight excluding hydrogens is 879 g/mol. The molecule has 0 bridgehead atoms. The number of methoxy groups -OCH3 is 1. The van der Waals surface area contributed by atoms with Crippen molar-refractivity contribution in [1.29, 1.82) is 0 Å². The number of likely N-dealkylation sites (tertiary alicyclic amines) is 1. The van der Waals surface area contributed by atoms with Crippen molar-refractivity contribution in [3.63, 3.8) is 0 Å². The molecule has 376 valence electrons. The molecule has 0 radical (unpaired) electrons. The van der Waals surface area contributed by atoms with Crippen molar-refractivity contribution in [1.82, 2.24) is 20.1 Å². The van der Waals surface area contributed by atoms with Gasteiger partial charge in [-0.2, -0.15) is 0 Å². The van der Waals surface area contributed by atoms with Crippen molar-refractivity contribution in [3.8, 4) is 11.3 Å². The molecule has 68 heavy (non-hydrogen) atoms. The molecule has 19 nitrogen and oxygen atoms in total. The smallest absolute Gasteiger partial charge is 0.255 e. The number of nitrogens with zero attached hydrogens (tertiary/aromatic N) is 4. The van der Waals surface area contributed by atoms with Crippen molar-refractivity contribution in [2.24, 2.45) is 5.73 Å². The fourth-order valence-electron chi connectivity index (χ4n) is 7.28. The predicted molar refractivity (Wildman–Crippen MR) is 258 cm³/mol. The Morgan fingerprint density at radius 2 is 1.29 bits per heavy atom. The Balaban J connectivity index is 1.08. The number of benzene rings is 2. The van der Waals surface area contributed by atoms with Crippen LogP contribution in [0.1, 0.15) is 57.8 Å². The van der Waals surface area contributed by atoms with Crippen LogP contribution in [0.2, 0.25) is 0 Å². The highest BCUT2D eigenvalue weighted by atomic mass is 16.6. The summed E-state index contributed by atoms with van der Waals surface area (Å²) in [6.45, 7) is 14.8. The molecule has 4 N–H and O–H groups in total. The van der Waals surface area contributed by atoms with E-state index in [1.54, 1.807) is 55.5 Å².